The maximum Gasteiger partial charge on any atom is 0.419 e. The molecule has 0 radical (unpaired) electrons. The number of amides is 1. The molecular formula is C20H30F3IN6O2. The van der Waals surface area contributed by atoms with Crippen LogP contribution in [0.4, 0.5) is 19.0 Å². The molecule has 2 aliphatic rings. The molecule has 32 heavy (non-hydrogen) atoms. The molecule has 0 bridgehead atoms. The van der Waals surface area contributed by atoms with Crippen LogP contribution in [0.5, 0.6) is 0 Å². The molecule has 3 rings (SSSR count). The van der Waals surface area contributed by atoms with Crippen LogP contribution in [0.2, 0.25) is 0 Å². The summed E-state index contributed by atoms with van der Waals surface area (Å²) in [4.78, 5) is 24.7. The zero-order chi connectivity index (χ0) is 22.3. The van der Waals surface area contributed by atoms with Gasteiger partial charge in [0.05, 0.1) is 12.1 Å². The van der Waals surface area contributed by atoms with E-state index in [1.54, 1.807) is 0 Å². The Balaban J connectivity index is 0.00000363. The first-order valence-corrected chi connectivity index (χ1v) is 10.6. The number of anilines is 1. The van der Waals surface area contributed by atoms with Gasteiger partial charge >= 0.3 is 6.18 Å². The summed E-state index contributed by atoms with van der Waals surface area (Å²) < 4.78 is 44.7. The van der Waals surface area contributed by atoms with Crippen LogP contribution in [0.25, 0.3) is 0 Å². The highest BCUT2D eigenvalue weighted by molar-refractivity contribution is 14.0. The summed E-state index contributed by atoms with van der Waals surface area (Å²) in [6.07, 6.45) is -1.75. The molecule has 8 nitrogen and oxygen atoms in total. The van der Waals surface area contributed by atoms with E-state index in [-0.39, 0.29) is 54.9 Å². The Morgan fingerprint density at radius 2 is 2.00 bits per heavy atom. The second-order valence-electron chi connectivity index (χ2n) is 7.37. The predicted molar refractivity (Wildman–Crippen MR) is 126 cm³/mol. The van der Waals surface area contributed by atoms with Crippen LogP contribution >= 0.6 is 24.0 Å². The van der Waals surface area contributed by atoms with Gasteiger partial charge in [-0.2, -0.15) is 13.2 Å². The fourth-order valence-electron chi connectivity index (χ4n) is 3.65. The van der Waals surface area contributed by atoms with E-state index in [0.717, 1.165) is 18.9 Å². The molecule has 180 valence electrons. The third kappa shape index (κ3) is 7.09. The predicted octanol–water partition coefficient (Wildman–Crippen LogP) is 2.42. The molecule has 1 amide bonds. The van der Waals surface area contributed by atoms with Crippen molar-refractivity contribution in [1.82, 2.24) is 20.1 Å². The summed E-state index contributed by atoms with van der Waals surface area (Å²) in [7, 11) is 0. The van der Waals surface area contributed by atoms with Crippen molar-refractivity contribution in [3.63, 3.8) is 0 Å². The monoisotopic (exact) mass is 570 g/mol. The van der Waals surface area contributed by atoms with Crippen LogP contribution < -0.4 is 10.6 Å². The normalized spacial score (nSPS) is 19.5. The number of alkyl halides is 3. The van der Waals surface area contributed by atoms with Gasteiger partial charge in [-0.15, -0.1) is 24.0 Å². The Hall–Kier alpha value is -1.83. The van der Waals surface area contributed by atoms with Crippen LogP contribution in [0.1, 0.15) is 25.3 Å². The lowest BCUT2D eigenvalue weighted by Gasteiger charge is -2.37. The number of halogens is 4. The molecule has 2 fully saturated rings. The molecule has 0 saturated carbocycles. The van der Waals surface area contributed by atoms with Gasteiger partial charge in [0.1, 0.15) is 11.9 Å². The second kappa shape index (κ2) is 12.4. The van der Waals surface area contributed by atoms with E-state index in [4.69, 9.17) is 4.74 Å². The third-order valence-electron chi connectivity index (χ3n) is 5.21. The number of nitrogens with one attached hydrogen (secondary N) is 2. The summed E-state index contributed by atoms with van der Waals surface area (Å²) in [6, 6.07) is 2.26. The fraction of sp³-hybridized carbons (Fsp3) is 0.650. The van der Waals surface area contributed by atoms with Crippen molar-refractivity contribution >= 4 is 41.7 Å². The van der Waals surface area contributed by atoms with Crippen molar-refractivity contribution in [3.8, 4) is 0 Å². The minimum Gasteiger partial charge on any atom is -0.368 e. The zero-order valence-corrected chi connectivity index (χ0v) is 20.4. The molecule has 2 saturated heterocycles. The fourth-order valence-corrected chi connectivity index (χ4v) is 3.65. The second-order valence-corrected chi connectivity index (χ2v) is 7.37. The highest BCUT2D eigenvalue weighted by Crippen LogP contribution is 2.33. The largest absolute Gasteiger partial charge is 0.419 e. The summed E-state index contributed by atoms with van der Waals surface area (Å²) in [6.45, 7) is 6.21. The molecule has 2 aliphatic heterocycles. The van der Waals surface area contributed by atoms with Crippen LogP contribution in [0.15, 0.2) is 23.3 Å². The number of ether oxygens (including phenoxy) is 1. The average Bonchev–Trinajstić information content (AvgIpc) is 3.30. The van der Waals surface area contributed by atoms with Crippen molar-refractivity contribution in [2.24, 2.45) is 4.99 Å². The molecule has 1 atom stereocenters. The van der Waals surface area contributed by atoms with Crippen molar-refractivity contribution in [3.05, 3.63) is 23.9 Å². The molecule has 1 unspecified atom stereocenters. The lowest BCUT2D eigenvalue weighted by Crippen LogP contribution is -2.55. The molecule has 0 aromatic carbocycles. The minimum atomic E-state index is -4.46. The van der Waals surface area contributed by atoms with Crippen LogP contribution in [-0.2, 0) is 15.7 Å². The van der Waals surface area contributed by atoms with Gasteiger partial charge in [-0.3, -0.25) is 9.79 Å². The lowest BCUT2D eigenvalue weighted by molar-refractivity contribution is -0.142. The van der Waals surface area contributed by atoms with Gasteiger partial charge in [0.15, 0.2) is 5.96 Å². The highest BCUT2D eigenvalue weighted by atomic mass is 127. The summed E-state index contributed by atoms with van der Waals surface area (Å²) >= 11 is 0. The van der Waals surface area contributed by atoms with E-state index in [9.17, 15) is 18.0 Å². The van der Waals surface area contributed by atoms with Gasteiger partial charge < -0.3 is 25.2 Å². The smallest absolute Gasteiger partial charge is 0.368 e. The van der Waals surface area contributed by atoms with Gasteiger partial charge in [0, 0.05) is 52.1 Å². The first-order chi connectivity index (χ1) is 14.9. The highest BCUT2D eigenvalue weighted by Gasteiger charge is 2.34. The van der Waals surface area contributed by atoms with E-state index < -0.39 is 11.7 Å². The molecule has 0 spiro atoms. The summed E-state index contributed by atoms with van der Waals surface area (Å²) in [5.74, 6) is 0.543. The standard InChI is InChI=1S/C20H29F3N6O2.HI/c1-2-24-19(27-9-8-26-17-15(20(21,22)23)5-3-7-25-17)29-12-10-28(11-13-29)18(30)16-6-4-14-31-16;/h3,5,7,16H,2,4,6,8-14H2,1H3,(H,24,27)(H,25,26);1H. The number of carbonyl (C=O) groups is 1. The average molecular weight is 570 g/mol. The number of piperazine rings is 1. The van der Waals surface area contributed by atoms with Gasteiger partial charge in [0.2, 0.25) is 0 Å². The Morgan fingerprint density at radius 1 is 1.28 bits per heavy atom. The first-order valence-electron chi connectivity index (χ1n) is 10.6. The van der Waals surface area contributed by atoms with Gasteiger partial charge in [0.25, 0.3) is 5.91 Å². The molecule has 12 heteroatoms. The van der Waals surface area contributed by atoms with Gasteiger partial charge in [-0.25, -0.2) is 4.98 Å². The number of hydrogen-bond acceptors (Lipinski definition) is 5. The van der Waals surface area contributed by atoms with E-state index in [2.05, 4.69) is 25.5 Å². The third-order valence-corrected chi connectivity index (χ3v) is 5.21. The van der Waals surface area contributed by atoms with Crippen molar-refractivity contribution in [1.29, 1.82) is 0 Å². The van der Waals surface area contributed by atoms with Crippen LogP contribution in [-0.4, -0.2) is 85.2 Å². The maximum absolute atomic E-state index is 13.1. The maximum atomic E-state index is 13.1. The molecular weight excluding hydrogens is 540 g/mol. The van der Waals surface area contributed by atoms with Crippen molar-refractivity contribution in [2.75, 3.05) is 57.7 Å². The summed E-state index contributed by atoms with van der Waals surface area (Å²) in [5, 5.41) is 5.93. The molecule has 1 aromatic heterocycles. The van der Waals surface area contributed by atoms with E-state index in [1.807, 2.05) is 11.8 Å². The topological polar surface area (TPSA) is 82.1 Å². The number of aromatic nitrogens is 1. The lowest BCUT2D eigenvalue weighted by atomic mass is 10.2. The van der Waals surface area contributed by atoms with Crippen LogP contribution in [0.3, 0.4) is 0 Å². The van der Waals surface area contributed by atoms with E-state index >= 15 is 0 Å². The number of aliphatic imine (C=N–C) groups is 1. The van der Waals surface area contributed by atoms with E-state index in [0.29, 0.717) is 45.3 Å². The van der Waals surface area contributed by atoms with Crippen LogP contribution in [0, 0.1) is 0 Å². The molecule has 1 aromatic rings. The van der Waals surface area contributed by atoms with Crippen molar-refractivity contribution in [2.45, 2.75) is 32.0 Å². The number of hydrogen-bond donors (Lipinski definition) is 2. The first kappa shape index (κ1) is 26.4. The number of nitrogens with zero attached hydrogens (tertiary/aromatic N) is 4. The Morgan fingerprint density at radius 3 is 2.62 bits per heavy atom. The number of rotatable bonds is 6. The Labute approximate surface area is 203 Å². The summed E-state index contributed by atoms with van der Waals surface area (Å²) in [5.41, 5.74) is -0.794. The number of guanidine groups is 1. The number of carbonyl (C=O) groups excluding carboxylic acids is 1. The van der Waals surface area contributed by atoms with Gasteiger partial charge in [-0.1, -0.05) is 0 Å². The van der Waals surface area contributed by atoms with Crippen molar-refractivity contribution < 1.29 is 22.7 Å². The molecule has 2 N–H and O–H groups in total. The Kier molecular flexibility index (Phi) is 10.3. The van der Waals surface area contributed by atoms with E-state index in [1.165, 1.54) is 12.3 Å². The minimum absolute atomic E-state index is 0. The SMILES string of the molecule is CCNC(=NCCNc1ncccc1C(F)(F)F)N1CCN(C(=O)C2CCCO2)CC1.I. The number of pyridine rings is 1. The molecule has 0 aliphatic carbocycles. The Bertz CT molecular complexity index is 766. The van der Waals surface area contributed by atoms with Gasteiger partial charge in [-0.05, 0) is 31.9 Å². The quantitative estimate of drug-likeness (QED) is 0.237. The molecule has 3 heterocycles. The zero-order valence-electron chi connectivity index (χ0n) is 18.0.